The van der Waals surface area contributed by atoms with Crippen LogP contribution in [-0.4, -0.2) is 17.4 Å². The summed E-state index contributed by atoms with van der Waals surface area (Å²) >= 11 is 0. The molecule has 1 aromatic heterocycles. The summed E-state index contributed by atoms with van der Waals surface area (Å²) in [4.78, 5) is 14.5. The second-order valence-electron chi connectivity index (χ2n) is 3.49. The van der Waals surface area contributed by atoms with E-state index in [4.69, 9.17) is 11.0 Å². The number of rotatable bonds is 4. The predicted molar refractivity (Wildman–Crippen MR) is 65.7 cm³/mol. The Morgan fingerprint density at radius 2 is 2.47 bits per heavy atom. The maximum atomic E-state index is 10.6. The van der Waals surface area contributed by atoms with Crippen LogP contribution in [0.2, 0.25) is 0 Å². The highest BCUT2D eigenvalue weighted by Gasteiger charge is 1.98. The van der Waals surface area contributed by atoms with E-state index >= 15 is 0 Å². The zero-order valence-electron chi connectivity index (χ0n) is 9.60. The molecule has 0 saturated carbocycles. The Hall–Kier alpha value is -2.35. The minimum absolute atomic E-state index is 0.0423. The molecule has 0 aromatic carbocycles. The topological polar surface area (TPSA) is 91.8 Å². The summed E-state index contributed by atoms with van der Waals surface area (Å²) < 4.78 is 0. The third kappa shape index (κ3) is 4.34. The van der Waals surface area contributed by atoms with Crippen molar-refractivity contribution in [3.63, 3.8) is 0 Å². The molecule has 0 spiro atoms. The van der Waals surface area contributed by atoms with Crippen LogP contribution in [-0.2, 0) is 4.79 Å². The van der Waals surface area contributed by atoms with Gasteiger partial charge in [-0.15, -0.1) is 0 Å². The molecule has 1 aromatic rings. The number of hydrogen-bond donors (Lipinski definition) is 2. The van der Waals surface area contributed by atoms with Crippen molar-refractivity contribution in [3.8, 4) is 6.07 Å². The van der Waals surface area contributed by atoms with E-state index in [0.29, 0.717) is 12.1 Å². The fourth-order valence-corrected chi connectivity index (χ4v) is 1.22. The van der Waals surface area contributed by atoms with Crippen molar-refractivity contribution in [3.05, 3.63) is 29.5 Å². The Morgan fingerprint density at radius 1 is 1.71 bits per heavy atom. The molecule has 0 aliphatic carbocycles. The normalized spacial score (nSPS) is 10.1. The van der Waals surface area contributed by atoms with Crippen LogP contribution in [0.3, 0.4) is 0 Å². The van der Waals surface area contributed by atoms with Gasteiger partial charge in [0.2, 0.25) is 5.91 Å². The number of nitrogens with zero attached hydrogens (tertiary/aromatic N) is 2. The maximum Gasteiger partial charge on any atom is 0.216 e. The summed E-state index contributed by atoms with van der Waals surface area (Å²) in [5, 5.41) is 11.5. The molecule has 5 nitrogen and oxygen atoms in total. The summed E-state index contributed by atoms with van der Waals surface area (Å²) in [6.07, 6.45) is 6.08. The number of nitriles is 1. The van der Waals surface area contributed by atoms with E-state index in [9.17, 15) is 4.79 Å². The summed E-state index contributed by atoms with van der Waals surface area (Å²) in [6.45, 7) is 2.08. The Kier molecular flexibility index (Phi) is 4.70. The number of anilines is 1. The number of carbonyl (C=O) groups is 1. The third-order valence-corrected chi connectivity index (χ3v) is 2.06. The van der Waals surface area contributed by atoms with E-state index in [1.165, 1.54) is 6.92 Å². The van der Waals surface area contributed by atoms with Crippen molar-refractivity contribution < 1.29 is 4.79 Å². The van der Waals surface area contributed by atoms with Gasteiger partial charge < -0.3 is 11.1 Å². The van der Waals surface area contributed by atoms with E-state index in [0.717, 1.165) is 12.0 Å². The zero-order valence-corrected chi connectivity index (χ0v) is 9.60. The lowest BCUT2D eigenvalue weighted by Crippen LogP contribution is -2.20. The lowest BCUT2D eigenvalue weighted by Gasteiger charge is -1.99. The van der Waals surface area contributed by atoms with Crippen LogP contribution in [0.25, 0.3) is 6.08 Å². The van der Waals surface area contributed by atoms with Gasteiger partial charge in [-0.3, -0.25) is 4.79 Å². The van der Waals surface area contributed by atoms with Crippen LogP contribution in [0.15, 0.2) is 18.3 Å². The fraction of sp³-hybridized carbons (Fsp3) is 0.250. The van der Waals surface area contributed by atoms with Gasteiger partial charge in [0.1, 0.15) is 11.9 Å². The molecule has 0 saturated heterocycles. The molecule has 5 heteroatoms. The van der Waals surface area contributed by atoms with Gasteiger partial charge in [-0.2, -0.15) is 5.26 Å². The summed E-state index contributed by atoms with van der Waals surface area (Å²) in [6, 6.07) is 3.65. The van der Waals surface area contributed by atoms with Crippen LogP contribution in [0.5, 0.6) is 0 Å². The predicted octanol–water partition coefficient (Wildman–Crippen LogP) is 1.07. The monoisotopic (exact) mass is 230 g/mol. The quantitative estimate of drug-likeness (QED) is 0.757. The van der Waals surface area contributed by atoms with Crippen LogP contribution >= 0.6 is 0 Å². The number of aromatic nitrogens is 1. The van der Waals surface area contributed by atoms with Gasteiger partial charge in [0.15, 0.2) is 0 Å². The standard InChI is InChI=1S/C12H14N4O/c1-9(17)15-5-3-2-4-10-6-11(7-13)12(14)16-8-10/h2,4,6,8H,3,5H2,1H3,(H2,14,16)(H,15,17). The fourth-order valence-electron chi connectivity index (χ4n) is 1.22. The Morgan fingerprint density at radius 3 is 3.12 bits per heavy atom. The summed E-state index contributed by atoms with van der Waals surface area (Å²) in [5.74, 6) is 0.196. The zero-order chi connectivity index (χ0) is 12.7. The van der Waals surface area contributed by atoms with Gasteiger partial charge >= 0.3 is 0 Å². The molecule has 0 bridgehead atoms. The van der Waals surface area contributed by atoms with Crippen molar-refractivity contribution >= 4 is 17.8 Å². The molecule has 17 heavy (non-hydrogen) atoms. The van der Waals surface area contributed by atoms with Gasteiger partial charge in [0, 0.05) is 19.7 Å². The smallest absolute Gasteiger partial charge is 0.216 e. The highest BCUT2D eigenvalue weighted by atomic mass is 16.1. The van der Waals surface area contributed by atoms with E-state index in [2.05, 4.69) is 10.3 Å². The van der Waals surface area contributed by atoms with Crippen molar-refractivity contribution in [1.82, 2.24) is 10.3 Å². The van der Waals surface area contributed by atoms with Crippen LogP contribution < -0.4 is 11.1 Å². The summed E-state index contributed by atoms with van der Waals surface area (Å²) in [7, 11) is 0. The first kappa shape index (κ1) is 12.7. The first-order valence-electron chi connectivity index (χ1n) is 5.20. The molecule has 3 N–H and O–H groups in total. The molecule has 0 radical (unpaired) electrons. The second-order valence-corrected chi connectivity index (χ2v) is 3.49. The number of nitrogens with two attached hydrogens (primary N) is 1. The number of hydrogen-bond acceptors (Lipinski definition) is 4. The van der Waals surface area contributed by atoms with Crippen molar-refractivity contribution in [2.24, 2.45) is 0 Å². The molecule has 0 unspecified atom stereocenters. The SMILES string of the molecule is CC(=O)NCCC=Cc1cnc(N)c(C#N)c1. The number of nitrogens with one attached hydrogen (secondary N) is 1. The third-order valence-electron chi connectivity index (χ3n) is 2.06. The van der Waals surface area contributed by atoms with Gasteiger partial charge in [0.25, 0.3) is 0 Å². The highest BCUT2D eigenvalue weighted by molar-refractivity contribution is 5.72. The average Bonchev–Trinajstić information content (AvgIpc) is 2.30. The van der Waals surface area contributed by atoms with Gasteiger partial charge in [-0.25, -0.2) is 4.98 Å². The number of amides is 1. The molecule has 1 rings (SSSR count). The molecular formula is C12H14N4O. The Labute approximate surface area is 100.0 Å². The first-order valence-corrected chi connectivity index (χ1v) is 5.20. The van der Waals surface area contributed by atoms with E-state index in [1.54, 1.807) is 12.3 Å². The number of carbonyl (C=O) groups excluding carboxylic acids is 1. The van der Waals surface area contributed by atoms with Gasteiger partial charge in [0.05, 0.1) is 5.56 Å². The van der Waals surface area contributed by atoms with E-state index in [1.807, 2.05) is 18.2 Å². The summed E-state index contributed by atoms with van der Waals surface area (Å²) in [5.41, 5.74) is 6.69. The van der Waals surface area contributed by atoms with Gasteiger partial charge in [-0.05, 0) is 18.1 Å². The number of pyridine rings is 1. The molecule has 0 aliphatic heterocycles. The highest BCUT2D eigenvalue weighted by Crippen LogP contribution is 2.10. The lowest BCUT2D eigenvalue weighted by atomic mass is 10.2. The molecule has 1 amide bonds. The Bertz CT molecular complexity index is 474. The van der Waals surface area contributed by atoms with Crippen LogP contribution in [0.4, 0.5) is 5.82 Å². The second kappa shape index (κ2) is 6.28. The Balaban J connectivity index is 2.54. The number of nitrogen functional groups attached to an aromatic ring is 1. The molecule has 0 fully saturated rings. The molecular weight excluding hydrogens is 216 g/mol. The van der Waals surface area contributed by atoms with Crippen molar-refractivity contribution in [2.75, 3.05) is 12.3 Å². The van der Waals surface area contributed by atoms with E-state index < -0.39 is 0 Å². The molecule has 0 atom stereocenters. The minimum atomic E-state index is -0.0423. The lowest BCUT2D eigenvalue weighted by molar-refractivity contribution is -0.118. The van der Waals surface area contributed by atoms with E-state index in [-0.39, 0.29) is 11.7 Å². The molecule has 0 aliphatic rings. The van der Waals surface area contributed by atoms with Crippen molar-refractivity contribution in [2.45, 2.75) is 13.3 Å². The first-order chi connectivity index (χ1) is 8.13. The molecule has 1 heterocycles. The average molecular weight is 230 g/mol. The van der Waals surface area contributed by atoms with Crippen molar-refractivity contribution in [1.29, 1.82) is 5.26 Å². The van der Waals surface area contributed by atoms with Gasteiger partial charge in [-0.1, -0.05) is 12.2 Å². The van der Waals surface area contributed by atoms with Crippen LogP contribution in [0, 0.1) is 11.3 Å². The maximum absolute atomic E-state index is 10.6. The molecule has 88 valence electrons. The van der Waals surface area contributed by atoms with Crippen LogP contribution in [0.1, 0.15) is 24.5 Å². The minimum Gasteiger partial charge on any atom is -0.383 e. The largest absolute Gasteiger partial charge is 0.383 e.